The summed E-state index contributed by atoms with van der Waals surface area (Å²) in [6.45, 7) is 0.849. The second-order valence-corrected chi connectivity index (χ2v) is 4.23. The number of rotatable bonds is 6. The summed E-state index contributed by atoms with van der Waals surface area (Å²) in [5, 5.41) is 0. The Kier molecular flexibility index (Phi) is 5.56. The predicted octanol–water partition coefficient (Wildman–Crippen LogP) is 2.67. The summed E-state index contributed by atoms with van der Waals surface area (Å²) < 4.78 is 46.2. The summed E-state index contributed by atoms with van der Waals surface area (Å²) in [4.78, 5) is 0.272. The number of ether oxygens (including phenoxy) is 2. The third-order valence-electron chi connectivity index (χ3n) is 2.32. The fourth-order valence-electron chi connectivity index (χ4n) is 1.19. The van der Waals surface area contributed by atoms with E-state index >= 15 is 0 Å². The van der Waals surface area contributed by atoms with Gasteiger partial charge in [0.2, 0.25) is 0 Å². The van der Waals surface area contributed by atoms with E-state index in [0.29, 0.717) is 11.3 Å². The van der Waals surface area contributed by atoms with Gasteiger partial charge >= 0.3 is 6.18 Å². The smallest absolute Gasteiger partial charge is 0.414 e. The number of benzene rings is 1. The summed E-state index contributed by atoms with van der Waals surface area (Å²) in [5.74, 6) is 0.517. The maximum atomic E-state index is 12.1. The molecule has 3 nitrogen and oxygen atoms in total. The monoisotopic (exact) mass is 293 g/mol. The van der Waals surface area contributed by atoms with Crippen molar-refractivity contribution in [2.75, 3.05) is 13.2 Å². The molecule has 1 aromatic rings. The Hall–Kier alpha value is -1.34. The highest BCUT2D eigenvalue weighted by molar-refractivity contribution is 7.80. The summed E-state index contributed by atoms with van der Waals surface area (Å²) in [7, 11) is 0. The zero-order valence-electron chi connectivity index (χ0n) is 10.2. The van der Waals surface area contributed by atoms with Gasteiger partial charge in [0.25, 0.3) is 0 Å². The van der Waals surface area contributed by atoms with Crippen LogP contribution in [0.15, 0.2) is 24.3 Å². The molecular formula is C12H14F3NO2S. The van der Waals surface area contributed by atoms with Crippen molar-refractivity contribution in [3.05, 3.63) is 29.8 Å². The summed E-state index contributed by atoms with van der Waals surface area (Å²) in [6.07, 6.45) is -6.15. The highest BCUT2D eigenvalue weighted by atomic mass is 32.1. The Labute approximate surface area is 114 Å². The summed E-state index contributed by atoms with van der Waals surface area (Å²) in [6, 6.07) is 6.64. The number of thiocarbonyl (C=S) groups is 1. The second-order valence-electron chi connectivity index (χ2n) is 3.79. The normalized spacial score (nSPS) is 13.1. The van der Waals surface area contributed by atoms with Crippen LogP contribution in [0.4, 0.5) is 13.2 Å². The largest absolute Gasteiger partial charge is 0.491 e. The van der Waals surface area contributed by atoms with E-state index in [-0.39, 0.29) is 18.2 Å². The highest BCUT2D eigenvalue weighted by Gasteiger charge is 2.36. The van der Waals surface area contributed by atoms with Gasteiger partial charge in [0.05, 0.1) is 6.61 Å². The molecule has 0 saturated heterocycles. The number of hydrogen-bond acceptors (Lipinski definition) is 3. The molecule has 1 rings (SSSR count). The molecule has 1 unspecified atom stereocenters. The third kappa shape index (κ3) is 5.44. The number of alkyl halides is 3. The van der Waals surface area contributed by atoms with Gasteiger partial charge in [-0.1, -0.05) is 12.2 Å². The molecule has 0 aromatic heterocycles. The first-order valence-corrected chi connectivity index (χ1v) is 5.92. The van der Waals surface area contributed by atoms with Crippen molar-refractivity contribution in [3.8, 4) is 5.75 Å². The minimum atomic E-state index is -4.35. The van der Waals surface area contributed by atoms with Crippen LogP contribution < -0.4 is 10.5 Å². The molecule has 19 heavy (non-hydrogen) atoms. The van der Waals surface area contributed by atoms with Crippen molar-refractivity contribution in [2.45, 2.75) is 19.2 Å². The minimum absolute atomic E-state index is 0.0346. The Morgan fingerprint density at radius 2 is 1.84 bits per heavy atom. The Morgan fingerprint density at radius 1 is 1.26 bits per heavy atom. The van der Waals surface area contributed by atoms with Gasteiger partial charge in [-0.15, -0.1) is 0 Å². The molecule has 0 aliphatic rings. The first-order valence-electron chi connectivity index (χ1n) is 5.51. The molecule has 0 aliphatic carbocycles. The molecule has 2 N–H and O–H groups in total. The fourth-order valence-corrected chi connectivity index (χ4v) is 1.33. The van der Waals surface area contributed by atoms with E-state index < -0.39 is 12.3 Å². The van der Waals surface area contributed by atoms with Crippen LogP contribution in [0.25, 0.3) is 0 Å². The van der Waals surface area contributed by atoms with E-state index in [1.807, 2.05) is 0 Å². The average molecular weight is 293 g/mol. The molecule has 0 heterocycles. The fraction of sp³-hybridized carbons (Fsp3) is 0.417. The van der Waals surface area contributed by atoms with E-state index in [4.69, 9.17) is 22.7 Å². The predicted molar refractivity (Wildman–Crippen MR) is 69.3 cm³/mol. The zero-order chi connectivity index (χ0) is 14.5. The van der Waals surface area contributed by atoms with Crippen molar-refractivity contribution < 1.29 is 22.6 Å². The van der Waals surface area contributed by atoms with Gasteiger partial charge in [0.1, 0.15) is 17.3 Å². The van der Waals surface area contributed by atoms with Crippen LogP contribution in [0.2, 0.25) is 0 Å². The van der Waals surface area contributed by atoms with Crippen LogP contribution in [0, 0.1) is 0 Å². The van der Waals surface area contributed by atoms with E-state index in [0.717, 1.165) is 6.92 Å². The Balaban J connectivity index is 2.32. The van der Waals surface area contributed by atoms with E-state index in [1.165, 1.54) is 0 Å². The second kappa shape index (κ2) is 6.72. The van der Waals surface area contributed by atoms with Crippen LogP contribution in [0.1, 0.15) is 12.5 Å². The van der Waals surface area contributed by atoms with Crippen LogP contribution >= 0.6 is 12.2 Å². The van der Waals surface area contributed by atoms with Gasteiger partial charge < -0.3 is 15.2 Å². The van der Waals surface area contributed by atoms with Gasteiger partial charge in [-0.3, -0.25) is 0 Å². The van der Waals surface area contributed by atoms with Crippen molar-refractivity contribution in [2.24, 2.45) is 5.73 Å². The standard InChI is InChI=1S/C12H14F3NO2S/c1-8(12(13,14)15)17-6-7-18-10-4-2-9(3-5-10)11(16)19/h2-5,8H,6-7H2,1H3,(H2,16,19). The molecule has 0 radical (unpaired) electrons. The molecule has 0 amide bonds. The van der Waals surface area contributed by atoms with Crippen LogP contribution in [-0.4, -0.2) is 30.5 Å². The van der Waals surface area contributed by atoms with Gasteiger partial charge in [-0.05, 0) is 31.2 Å². The average Bonchev–Trinajstić information content (AvgIpc) is 2.33. The first kappa shape index (κ1) is 15.7. The molecule has 0 saturated carbocycles. The van der Waals surface area contributed by atoms with E-state index in [9.17, 15) is 13.2 Å². The quantitative estimate of drug-likeness (QED) is 0.647. The van der Waals surface area contributed by atoms with Crippen molar-refractivity contribution >= 4 is 17.2 Å². The maximum Gasteiger partial charge on any atom is 0.414 e. The number of hydrogen-bond donors (Lipinski definition) is 1. The number of nitrogens with two attached hydrogens (primary N) is 1. The molecule has 0 aliphatic heterocycles. The molecule has 1 aromatic carbocycles. The van der Waals surface area contributed by atoms with Gasteiger partial charge in [-0.25, -0.2) is 0 Å². The Morgan fingerprint density at radius 3 is 2.32 bits per heavy atom. The molecule has 106 valence electrons. The van der Waals surface area contributed by atoms with Crippen LogP contribution in [0.5, 0.6) is 5.75 Å². The lowest BCUT2D eigenvalue weighted by molar-refractivity contribution is -0.215. The molecule has 1 atom stereocenters. The van der Waals surface area contributed by atoms with Crippen LogP contribution in [0.3, 0.4) is 0 Å². The van der Waals surface area contributed by atoms with Crippen molar-refractivity contribution in [1.29, 1.82) is 0 Å². The van der Waals surface area contributed by atoms with Crippen molar-refractivity contribution in [1.82, 2.24) is 0 Å². The van der Waals surface area contributed by atoms with E-state index in [1.54, 1.807) is 24.3 Å². The molecule has 0 spiro atoms. The van der Waals surface area contributed by atoms with Gasteiger partial charge in [0.15, 0.2) is 6.10 Å². The van der Waals surface area contributed by atoms with Gasteiger partial charge in [-0.2, -0.15) is 13.2 Å². The lowest BCUT2D eigenvalue weighted by Crippen LogP contribution is -2.29. The summed E-state index contributed by atoms with van der Waals surface area (Å²) in [5.41, 5.74) is 6.12. The molecule has 7 heteroatoms. The number of halogens is 3. The SMILES string of the molecule is CC(OCCOc1ccc(C(N)=S)cc1)C(F)(F)F. The highest BCUT2D eigenvalue weighted by Crippen LogP contribution is 2.22. The minimum Gasteiger partial charge on any atom is -0.491 e. The van der Waals surface area contributed by atoms with Crippen molar-refractivity contribution in [3.63, 3.8) is 0 Å². The Bertz CT molecular complexity index is 420. The lowest BCUT2D eigenvalue weighted by atomic mass is 10.2. The lowest BCUT2D eigenvalue weighted by Gasteiger charge is -2.16. The first-order chi connectivity index (χ1) is 8.80. The van der Waals surface area contributed by atoms with Gasteiger partial charge in [0, 0.05) is 5.56 Å². The van der Waals surface area contributed by atoms with E-state index in [2.05, 4.69) is 4.74 Å². The zero-order valence-corrected chi connectivity index (χ0v) is 11.1. The van der Waals surface area contributed by atoms with Crippen LogP contribution in [-0.2, 0) is 4.74 Å². The molecular weight excluding hydrogens is 279 g/mol. The maximum absolute atomic E-state index is 12.1. The molecule has 0 fully saturated rings. The topological polar surface area (TPSA) is 44.5 Å². The summed E-state index contributed by atoms with van der Waals surface area (Å²) >= 11 is 4.79. The third-order valence-corrected chi connectivity index (χ3v) is 2.56. The molecule has 0 bridgehead atoms.